The highest BCUT2D eigenvalue weighted by Gasteiger charge is 2.25. The number of hydrogen-bond acceptors (Lipinski definition) is 7. The number of pyridine rings is 1. The van der Waals surface area contributed by atoms with Gasteiger partial charge in [-0.3, -0.25) is 9.78 Å². The number of nitrogens with one attached hydrogen (secondary N) is 2. The fourth-order valence-corrected chi connectivity index (χ4v) is 5.69. The fraction of sp³-hybridized carbons (Fsp3) is 0.219. The third-order valence-corrected chi connectivity index (χ3v) is 8.06. The number of carbonyl (C=O) groups is 1. The Morgan fingerprint density at radius 2 is 1.89 bits per heavy atom. The van der Waals surface area contributed by atoms with Crippen LogP contribution in [0, 0.1) is 17.1 Å². The third kappa shape index (κ3) is 5.76. The van der Waals surface area contributed by atoms with Gasteiger partial charge in [-0.25, -0.2) is 9.07 Å². The van der Waals surface area contributed by atoms with Crippen LogP contribution < -0.4 is 15.5 Å². The molecule has 2 aromatic heterocycles. The van der Waals surface area contributed by atoms with Crippen molar-refractivity contribution in [2.75, 3.05) is 22.1 Å². The number of carbonyl (C=O) groups excluding carboxylic acids is 1. The van der Waals surface area contributed by atoms with Crippen LogP contribution in [0.5, 0.6) is 0 Å². The van der Waals surface area contributed by atoms with E-state index in [1.165, 1.54) is 24.4 Å². The van der Waals surface area contributed by atoms with Gasteiger partial charge in [-0.15, -0.1) is 5.10 Å². The second kappa shape index (κ2) is 12.1. The van der Waals surface area contributed by atoms with E-state index in [4.69, 9.17) is 23.2 Å². The molecule has 222 valence electrons. The number of nitriles is 1. The molecule has 0 aliphatic carbocycles. The number of benzene rings is 3. The number of aromatic nitrogens is 4. The van der Waals surface area contributed by atoms with Crippen molar-refractivity contribution in [3.8, 4) is 6.07 Å². The van der Waals surface area contributed by atoms with Crippen molar-refractivity contribution >= 4 is 62.8 Å². The molecule has 0 bridgehead atoms. The third-order valence-electron chi connectivity index (χ3n) is 7.49. The number of rotatable bonds is 8. The molecule has 9 nitrogen and oxygen atoms in total. The molecule has 3 heterocycles. The van der Waals surface area contributed by atoms with Gasteiger partial charge in [0.25, 0.3) is 0 Å². The first-order valence-corrected chi connectivity index (χ1v) is 14.8. The lowest BCUT2D eigenvalue weighted by Crippen LogP contribution is -2.24. The van der Waals surface area contributed by atoms with Gasteiger partial charge in [0.1, 0.15) is 17.6 Å². The standard InChI is InChI=1S/C32H27Cl2FN8O/c1-18(2)43-17-28(40-41-43)31(19-5-3-6-23(11-19)42-10-4-7-29(42)44)39-22-12-24-30(38-21-8-9-27(35)25(33)13-21)20(15-36)16-37-32(24)26(34)14-22/h3,5-6,8-9,11-14,16-18,31,39H,4,7,10H2,1-2H3,(H,37,38). The van der Waals surface area contributed by atoms with E-state index in [-0.39, 0.29) is 22.5 Å². The molecular weight excluding hydrogens is 602 g/mol. The normalized spacial score (nSPS) is 13.8. The minimum atomic E-state index is -0.551. The number of anilines is 4. The van der Waals surface area contributed by atoms with Crippen molar-refractivity contribution in [3.05, 3.63) is 99.7 Å². The SMILES string of the molecule is CC(C)n1cc(C(Nc2cc(Cl)c3ncc(C#N)c(Nc4ccc(F)c(Cl)c4)c3c2)c2cccc(N3CCCC3=O)c2)nn1. The van der Waals surface area contributed by atoms with Crippen LogP contribution in [0.15, 0.2) is 67.0 Å². The summed E-state index contributed by atoms with van der Waals surface area (Å²) in [5.41, 5.74) is 4.67. The van der Waals surface area contributed by atoms with Gasteiger partial charge >= 0.3 is 0 Å². The molecular formula is C32H27Cl2FN8O. The van der Waals surface area contributed by atoms with Crippen molar-refractivity contribution in [2.45, 2.75) is 38.8 Å². The largest absolute Gasteiger partial charge is 0.373 e. The highest BCUT2D eigenvalue weighted by Crippen LogP contribution is 2.37. The van der Waals surface area contributed by atoms with Crippen LogP contribution in [-0.2, 0) is 4.79 Å². The molecule has 2 N–H and O–H groups in total. The maximum absolute atomic E-state index is 13.8. The first-order chi connectivity index (χ1) is 21.2. The van der Waals surface area contributed by atoms with E-state index < -0.39 is 11.9 Å². The van der Waals surface area contributed by atoms with Gasteiger partial charge in [-0.05, 0) is 68.3 Å². The highest BCUT2D eigenvalue weighted by atomic mass is 35.5. The molecule has 1 unspecified atom stereocenters. The van der Waals surface area contributed by atoms with Crippen LogP contribution in [0.3, 0.4) is 0 Å². The number of halogens is 3. The Kier molecular flexibility index (Phi) is 8.08. The summed E-state index contributed by atoms with van der Waals surface area (Å²) in [4.78, 5) is 18.8. The van der Waals surface area contributed by atoms with Crippen molar-refractivity contribution in [2.24, 2.45) is 0 Å². The first-order valence-electron chi connectivity index (χ1n) is 14.0. The molecule has 1 amide bonds. The molecule has 1 atom stereocenters. The molecule has 44 heavy (non-hydrogen) atoms. The van der Waals surface area contributed by atoms with Gasteiger partial charge in [0.05, 0.1) is 39.1 Å². The Morgan fingerprint density at radius 1 is 1.07 bits per heavy atom. The number of fused-ring (bicyclic) bond motifs is 1. The Morgan fingerprint density at radius 3 is 2.59 bits per heavy atom. The van der Waals surface area contributed by atoms with Gasteiger partial charge in [0.2, 0.25) is 5.91 Å². The van der Waals surface area contributed by atoms with E-state index in [1.54, 1.807) is 15.6 Å². The van der Waals surface area contributed by atoms with E-state index in [2.05, 4.69) is 32.0 Å². The second-order valence-electron chi connectivity index (χ2n) is 10.8. The number of nitrogens with zero attached hydrogens (tertiary/aromatic N) is 6. The molecule has 1 aliphatic rings. The smallest absolute Gasteiger partial charge is 0.227 e. The molecule has 0 spiro atoms. The zero-order valence-corrected chi connectivity index (χ0v) is 25.4. The Labute approximate surface area is 263 Å². The first kappa shape index (κ1) is 29.4. The van der Waals surface area contributed by atoms with Crippen LogP contribution in [0.2, 0.25) is 10.0 Å². The quantitative estimate of drug-likeness (QED) is 0.180. The summed E-state index contributed by atoms with van der Waals surface area (Å²) in [5, 5.41) is 26.3. The molecule has 3 aromatic carbocycles. The molecule has 1 fully saturated rings. The van der Waals surface area contributed by atoms with Gasteiger partial charge in [0, 0.05) is 47.7 Å². The predicted molar refractivity (Wildman–Crippen MR) is 170 cm³/mol. The van der Waals surface area contributed by atoms with E-state index in [0.29, 0.717) is 51.6 Å². The van der Waals surface area contributed by atoms with E-state index in [9.17, 15) is 14.4 Å². The predicted octanol–water partition coefficient (Wildman–Crippen LogP) is 7.80. The number of hydrogen-bond donors (Lipinski definition) is 2. The van der Waals surface area contributed by atoms with Crippen molar-refractivity contribution in [1.29, 1.82) is 5.26 Å². The zero-order chi connectivity index (χ0) is 31.0. The minimum absolute atomic E-state index is 0.0533. The van der Waals surface area contributed by atoms with Crippen LogP contribution >= 0.6 is 23.2 Å². The van der Waals surface area contributed by atoms with Crippen LogP contribution in [0.25, 0.3) is 10.9 Å². The van der Waals surface area contributed by atoms with E-state index in [1.807, 2.05) is 50.4 Å². The van der Waals surface area contributed by atoms with Crippen LogP contribution in [-0.4, -0.2) is 32.4 Å². The average Bonchev–Trinajstić information content (AvgIpc) is 3.68. The summed E-state index contributed by atoms with van der Waals surface area (Å²) in [6, 6.07) is 17.4. The summed E-state index contributed by atoms with van der Waals surface area (Å²) < 4.78 is 15.6. The van der Waals surface area contributed by atoms with Crippen molar-refractivity contribution in [3.63, 3.8) is 0 Å². The summed E-state index contributed by atoms with van der Waals surface area (Å²) in [6.07, 6.45) is 4.68. The Hall–Kier alpha value is -4.72. The second-order valence-corrected chi connectivity index (χ2v) is 11.6. The number of amides is 1. The molecule has 1 saturated heterocycles. The maximum atomic E-state index is 13.8. The molecule has 6 rings (SSSR count). The summed E-state index contributed by atoms with van der Waals surface area (Å²) >= 11 is 12.8. The van der Waals surface area contributed by atoms with Crippen LogP contribution in [0.1, 0.15) is 55.6 Å². The van der Waals surface area contributed by atoms with Crippen molar-refractivity contribution < 1.29 is 9.18 Å². The molecule has 0 saturated carbocycles. The van der Waals surface area contributed by atoms with Gasteiger partial charge < -0.3 is 15.5 Å². The van der Waals surface area contributed by atoms with Crippen LogP contribution in [0.4, 0.5) is 27.1 Å². The lowest BCUT2D eigenvalue weighted by Gasteiger charge is -2.22. The topological polar surface area (TPSA) is 112 Å². The van der Waals surface area contributed by atoms with Crippen molar-refractivity contribution in [1.82, 2.24) is 20.0 Å². The monoisotopic (exact) mass is 628 g/mol. The van der Waals surface area contributed by atoms with Gasteiger partial charge in [-0.2, -0.15) is 5.26 Å². The molecule has 0 radical (unpaired) electrons. The average molecular weight is 630 g/mol. The van der Waals surface area contributed by atoms with Gasteiger partial charge in [0.15, 0.2) is 0 Å². The summed E-state index contributed by atoms with van der Waals surface area (Å²) in [6.45, 7) is 4.71. The summed E-state index contributed by atoms with van der Waals surface area (Å²) in [5.74, 6) is -0.451. The fourth-order valence-electron chi connectivity index (χ4n) is 5.24. The Bertz CT molecular complexity index is 1940. The molecule has 1 aliphatic heterocycles. The Balaban J connectivity index is 1.45. The summed E-state index contributed by atoms with van der Waals surface area (Å²) in [7, 11) is 0. The van der Waals surface area contributed by atoms with Gasteiger partial charge in [-0.1, -0.05) is 40.5 Å². The lowest BCUT2D eigenvalue weighted by molar-refractivity contribution is -0.117. The maximum Gasteiger partial charge on any atom is 0.227 e. The minimum Gasteiger partial charge on any atom is -0.373 e. The van der Waals surface area contributed by atoms with E-state index in [0.717, 1.165) is 17.7 Å². The lowest BCUT2D eigenvalue weighted by atomic mass is 10.0. The van der Waals surface area contributed by atoms with E-state index >= 15 is 0 Å². The molecule has 5 aromatic rings. The molecule has 12 heteroatoms. The highest BCUT2D eigenvalue weighted by molar-refractivity contribution is 6.36. The zero-order valence-electron chi connectivity index (χ0n) is 23.9.